The molecule has 1 atom stereocenters. The number of cyclic esters (lactones) is 1. The van der Waals surface area contributed by atoms with E-state index in [1.807, 2.05) is 25.1 Å². The third kappa shape index (κ3) is 1.75. The van der Waals surface area contributed by atoms with Gasteiger partial charge in [0.25, 0.3) is 0 Å². The van der Waals surface area contributed by atoms with Crippen LogP contribution in [0.2, 0.25) is 0 Å². The molecule has 0 spiro atoms. The van der Waals surface area contributed by atoms with Crippen molar-refractivity contribution in [3.8, 4) is 0 Å². The first-order chi connectivity index (χ1) is 6.66. The van der Waals surface area contributed by atoms with Crippen LogP contribution >= 0.6 is 15.9 Å². The van der Waals surface area contributed by atoms with Crippen molar-refractivity contribution in [1.82, 2.24) is 5.32 Å². The van der Waals surface area contributed by atoms with E-state index in [9.17, 15) is 4.79 Å². The molecule has 2 rings (SSSR count). The summed E-state index contributed by atoms with van der Waals surface area (Å²) in [6.45, 7) is 2.43. The molecule has 1 fully saturated rings. The molecule has 0 unspecified atom stereocenters. The number of carbonyl (C=O) groups excluding carboxylic acids is 1. The molecule has 0 saturated carbocycles. The van der Waals surface area contributed by atoms with E-state index < -0.39 is 0 Å². The number of benzene rings is 1. The van der Waals surface area contributed by atoms with E-state index in [1.54, 1.807) is 0 Å². The fourth-order valence-electron chi connectivity index (χ4n) is 1.54. The van der Waals surface area contributed by atoms with Crippen LogP contribution in [0.5, 0.6) is 0 Å². The number of hydrogen-bond donors (Lipinski definition) is 1. The van der Waals surface area contributed by atoms with Gasteiger partial charge < -0.3 is 10.1 Å². The topological polar surface area (TPSA) is 38.3 Å². The summed E-state index contributed by atoms with van der Waals surface area (Å²) in [5.74, 6) is 0. The molecule has 0 bridgehead atoms. The first kappa shape index (κ1) is 9.52. The van der Waals surface area contributed by atoms with Crippen LogP contribution in [0, 0.1) is 6.92 Å². The number of hydrogen-bond acceptors (Lipinski definition) is 2. The Bertz CT molecular complexity index is 378. The van der Waals surface area contributed by atoms with Gasteiger partial charge in [0.05, 0.1) is 6.04 Å². The molecule has 4 heteroatoms. The molecule has 0 aromatic heterocycles. The zero-order valence-corrected chi connectivity index (χ0v) is 9.30. The van der Waals surface area contributed by atoms with E-state index in [0.717, 1.165) is 15.6 Å². The number of carbonyl (C=O) groups is 1. The van der Waals surface area contributed by atoms with Crippen molar-refractivity contribution < 1.29 is 9.53 Å². The lowest BCUT2D eigenvalue weighted by Crippen LogP contribution is -2.19. The SMILES string of the molecule is Cc1ccc(Br)cc1[C@H]1COC(=O)N1. The molecule has 1 aliphatic heterocycles. The van der Waals surface area contributed by atoms with Crippen molar-refractivity contribution in [3.63, 3.8) is 0 Å². The highest BCUT2D eigenvalue weighted by molar-refractivity contribution is 9.10. The van der Waals surface area contributed by atoms with Gasteiger partial charge in [0.15, 0.2) is 0 Å². The number of nitrogens with one attached hydrogen (secondary N) is 1. The van der Waals surface area contributed by atoms with E-state index in [2.05, 4.69) is 21.2 Å². The summed E-state index contributed by atoms with van der Waals surface area (Å²) < 4.78 is 5.86. The van der Waals surface area contributed by atoms with Gasteiger partial charge in [0.2, 0.25) is 0 Å². The Morgan fingerprint density at radius 1 is 1.57 bits per heavy atom. The molecule has 1 heterocycles. The van der Waals surface area contributed by atoms with E-state index in [-0.39, 0.29) is 12.1 Å². The minimum absolute atomic E-state index is 0.0139. The van der Waals surface area contributed by atoms with Gasteiger partial charge >= 0.3 is 6.09 Å². The average Bonchev–Trinajstić information content (AvgIpc) is 2.56. The van der Waals surface area contributed by atoms with Crippen molar-refractivity contribution >= 4 is 22.0 Å². The van der Waals surface area contributed by atoms with Gasteiger partial charge in [-0.25, -0.2) is 4.79 Å². The van der Waals surface area contributed by atoms with Gasteiger partial charge in [0, 0.05) is 4.47 Å². The maximum atomic E-state index is 10.9. The van der Waals surface area contributed by atoms with Crippen LogP contribution in [0.25, 0.3) is 0 Å². The van der Waals surface area contributed by atoms with Crippen LogP contribution in [-0.2, 0) is 4.74 Å². The second-order valence-electron chi connectivity index (χ2n) is 3.30. The fourth-order valence-corrected chi connectivity index (χ4v) is 1.92. The zero-order valence-electron chi connectivity index (χ0n) is 7.71. The Morgan fingerprint density at radius 2 is 2.36 bits per heavy atom. The van der Waals surface area contributed by atoms with Crippen molar-refractivity contribution in [2.24, 2.45) is 0 Å². The van der Waals surface area contributed by atoms with Crippen molar-refractivity contribution in [2.75, 3.05) is 6.61 Å². The predicted octanol–water partition coefficient (Wildman–Crippen LogP) is 2.54. The van der Waals surface area contributed by atoms with Gasteiger partial charge in [-0.2, -0.15) is 0 Å². The van der Waals surface area contributed by atoms with Crippen LogP contribution in [0.1, 0.15) is 17.2 Å². The van der Waals surface area contributed by atoms with Crippen molar-refractivity contribution in [1.29, 1.82) is 0 Å². The number of ether oxygens (including phenoxy) is 1. The number of halogens is 1. The Labute approximate surface area is 90.6 Å². The Morgan fingerprint density at radius 3 is 3.00 bits per heavy atom. The fraction of sp³-hybridized carbons (Fsp3) is 0.300. The molecular weight excluding hydrogens is 246 g/mol. The zero-order chi connectivity index (χ0) is 10.1. The molecule has 14 heavy (non-hydrogen) atoms. The number of amides is 1. The standard InChI is InChI=1S/C10H10BrNO2/c1-6-2-3-7(11)4-8(6)9-5-14-10(13)12-9/h2-4,9H,5H2,1H3,(H,12,13)/t9-/m1/s1. The largest absolute Gasteiger partial charge is 0.447 e. The van der Waals surface area contributed by atoms with Crippen LogP contribution in [0.3, 0.4) is 0 Å². The van der Waals surface area contributed by atoms with E-state index in [1.165, 1.54) is 0 Å². The highest BCUT2D eigenvalue weighted by atomic mass is 79.9. The molecule has 1 N–H and O–H groups in total. The van der Waals surface area contributed by atoms with Crippen LogP contribution < -0.4 is 5.32 Å². The summed E-state index contributed by atoms with van der Waals surface area (Å²) in [6, 6.07) is 6.00. The molecule has 1 saturated heterocycles. The van der Waals surface area contributed by atoms with E-state index in [0.29, 0.717) is 6.61 Å². The third-order valence-electron chi connectivity index (χ3n) is 2.29. The molecule has 1 aromatic rings. The third-order valence-corrected chi connectivity index (χ3v) is 2.78. The van der Waals surface area contributed by atoms with E-state index in [4.69, 9.17) is 4.74 Å². The van der Waals surface area contributed by atoms with Gasteiger partial charge in [-0.05, 0) is 30.2 Å². The second kappa shape index (κ2) is 3.61. The van der Waals surface area contributed by atoms with Gasteiger partial charge in [-0.15, -0.1) is 0 Å². The molecular formula is C10H10BrNO2. The minimum atomic E-state index is -0.339. The lowest BCUT2D eigenvalue weighted by Gasteiger charge is -2.11. The Balaban J connectivity index is 2.31. The van der Waals surface area contributed by atoms with Gasteiger partial charge in [0.1, 0.15) is 6.61 Å². The maximum Gasteiger partial charge on any atom is 0.407 e. The predicted molar refractivity (Wildman–Crippen MR) is 56.1 cm³/mol. The highest BCUT2D eigenvalue weighted by Gasteiger charge is 2.24. The Kier molecular flexibility index (Phi) is 2.46. The van der Waals surface area contributed by atoms with Crippen molar-refractivity contribution in [3.05, 3.63) is 33.8 Å². The lowest BCUT2D eigenvalue weighted by molar-refractivity contribution is 0.177. The molecule has 0 aliphatic carbocycles. The average molecular weight is 256 g/mol. The summed E-state index contributed by atoms with van der Waals surface area (Å²) in [6.07, 6.45) is -0.339. The van der Waals surface area contributed by atoms with Crippen LogP contribution in [0.15, 0.2) is 22.7 Å². The second-order valence-corrected chi connectivity index (χ2v) is 4.21. The van der Waals surface area contributed by atoms with Crippen LogP contribution in [0.4, 0.5) is 4.79 Å². The molecule has 1 aromatic carbocycles. The summed E-state index contributed by atoms with van der Waals surface area (Å²) in [4.78, 5) is 10.9. The number of alkyl carbamates (subject to hydrolysis) is 1. The smallest absolute Gasteiger partial charge is 0.407 e. The lowest BCUT2D eigenvalue weighted by atomic mass is 10.0. The Hall–Kier alpha value is -1.03. The maximum absolute atomic E-state index is 10.9. The molecule has 3 nitrogen and oxygen atoms in total. The molecule has 1 amide bonds. The molecule has 0 radical (unpaired) electrons. The summed E-state index contributed by atoms with van der Waals surface area (Å²) in [5, 5.41) is 2.76. The van der Waals surface area contributed by atoms with Crippen LogP contribution in [-0.4, -0.2) is 12.7 Å². The quantitative estimate of drug-likeness (QED) is 0.838. The van der Waals surface area contributed by atoms with Crippen molar-refractivity contribution in [2.45, 2.75) is 13.0 Å². The molecule has 74 valence electrons. The van der Waals surface area contributed by atoms with E-state index >= 15 is 0 Å². The molecule has 1 aliphatic rings. The van der Waals surface area contributed by atoms with Gasteiger partial charge in [-0.3, -0.25) is 0 Å². The normalized spacial score (nSPS) is 20.4. The minimum Gasteiger partial charge on any atom is -0.447 e. The first-order valence-corrected chi connectivity index (χ1v) is 5.15. The first-order valence-electron chi connectivity index (χ1n) is 4.36. The van der Waals surface area contributed by atoms with Gasteiger partial charge in [-0.1, -0.05) is 22.0 Å². The summed E-state index contributed by atoms with van der Waals surface area (Å²) >= 11 is 3.40. The summed E-state index contributed by atoms with van der Waals surface area (Å²) in [5.41, 5.74) is 2.26. The monoisotopic (exact) mass is 255 g/mol. The highest BCUT2D eigenvalue weighted by Crippen LogP contribution is 2.24. The number of rotatable bonds is 1. The summed E-state index contributed by atoms with van der Waals surface area (Å²) in [7, 11) is 0. The number of aryl methyl sites for hydroxylation is 1.